The van der Waals surface area contributed by atoms with E-state index in [0.717, 1.165) is 25.4 Å². The highest BCUT2D eigenvalue weighted by Gasteiger charge is 2.41. The van der Waals surface area contributed by atoms with Crippen LogP contribution in [0.4, 0.5) is 0 Å². The SMILES string of the molecule is CCCNC1(CO)CCCC1CCN1CCCC1CC. The van der Waals surface area contributed by atoms with Crippen LogP contribution in [0.2, 0.25) is 0 Å². The highest BCUT2D eigenvalue weighted by molar-refractivity contribution is 4.99. The topological polar surface area (TPSA) is 35.5 Å². The monoisotopic (exact) mass is 282 g/mol. The standard InChI is InChI=1S/C17H34N2O/c1-3-11-18-17(14-20)10-5-7-15(17)9-13-19-12-6-8-16(19)4-2/h15-16,18,20H,3-14H2,1-2H3. The smallest absolute Gasteiger partial charge is 0.0616 e. The fourth-order valence-electron chi connectivity index (χ4n) is 4.41. The van der Waals surface area contributed by atoms with Gasteiger partial charge in [-0.05, 0) is 70.5 Å². The van der Waals surface area contributed by atoms with E-state index in [1.54, 1.807) is 0 Å². The second kappa shape index (κ2) is 7.77. The number of rotatable bonds is 8. The maximum atomic E-state index is 9.93. The van der Waals surface area contributed by atoms with Crippen LogP contribution in [-0.2, 0) is 0 Å². The van der Waals surface area contributed by atoms with E-state index in [0.29, 0.717) is 12.5 Å². The number of likely N-dealkylation sites (tertiary alicyclic amines) is 1. The zero-order valence-electron chi connectivity index (χ0n) is 13.5. The number of hydrogen-bond acceptors (Lipinski definition) is 3. The van der Waals surface area contributed by atoms with Crippen molar-refractivity contribution in [3.05, 3.63) is 0 Å². The lowest BCUT2D eigenvalue weighted by molar-refractivity contribution is 0.109. The van der Waals surface area contributed by atoms with Crippen LogP contribution >= 0.6 is 0 Å². The molecule has 3 nitrogen and oxygen atoms in total. The normalized spacial score (nSPS) is 35.0. The van der Waals surface area contributed by atoms with Crippen LogP contribution in [0.1, 0.15) is 65.2 Å². The number of aliphatic hydroxyl groups is 1. The molecule has 2 rings (SSSR count). The van der Waals surface area contributed by atoms with Crippen molar-refractivity contribution >= 4 is 0 Å². The first-order valence-corrected chi connectivity index (χ1v) is 8.85. The fraction of sp³-hybridized carbons (Fsp3) is 1.00. The molecule has 0 bridgehead atoms. The first-order valence-electron chi connectivity index (χ1n) is 8.85. The summed E-state index contributed by atoms with van der Waals surface area (Å²) in [5.74, 6) is 0.664. The summed E-state index contributed by atoms with van der Waals surface area (Å²) in [5.41, 5.74) is 0.0252. The summed E-state index contributed by atoms with van der Waals surface area (Å²) >= 11 is 0. The molecule has 2 fully saturated rings. The third-order valence-corrected chi connectivity index (χ3v) is 5.70. The van der Waals surface area contributed by atoms with Crippen molar-refractivity contribution in [1.29, 1.82) is 0 Å². The van der Waals surface area contributed by atoms with E-state index in [4.69, 9.17) is 0 Å². The van der Waals surface area contributed by atoms with Crippen LogP contribution in [-0.4, -0.2) is 47.8 Å². The lowest BCUT2D eigenvalue weighted by Gasteiger charge is -2.36. The van der Waals surface area contributed by atoms with Crippen molar-refractivity contribution in [2.75, 3.05) is 26.2 Å². The molecule has 0 aromatic rings. The predicted octanol–water partition coefficient (Wildman–Crippen LogP) is 2.78. The summed E-state index contributed by atoms with van der Waals surface area (Å²) in [6.07, 6.45) is 10.2. The first-order chi connectivity index (χ1) is 9.75. The molecule has 2 aliphatic rings. The van der Waals surface area contributed by atoms with Gasteiger partial charge in [0, 0.05) is 11.6 Å². The van der Waals surface area contributed by atoms with E-state index < -0.39 is 0 Å². The van der Waals surface area contributed by atoms with E-state index >= 15 is 0 Å². The molecule has 20 heavy (non-hydrogen) atoms. The van der Waals surface area contributed by atoms with Crippen molar-refractivity contribution in [2.45, 2.75) is 76.8 Å². The number of aliphatic hydroxyl groups excluding tert-OH is 1. The van der Waals surface area contributed by atoms with Crippen molar-refractivity contribution in [2.24, 2.45) is 5.92 Å². The zero-order chi connectivity index (χ0) is 14.4. The van der Waals surface area contributed by atoms with E-state index in [2.05, 4.69) is 24.1 Å². The average molecular weight is 282 g/mol. The summed E-state index contributed by atoms with van der Waals surface area (Å²) < 4.78 is 0. The quantitative estimate of drug-likeness (QED) is 0.718. The van der Waals surface area contributed by atoms with Crippen LogP contribution in [0.15, 0.2) is 0 Å². The largest absolute Gasteiger partial charge is 0.394 e. The van der Waals surface area contributed by atoms with Crippen LogP contribution < -0.4 is 5.32 Å². The minimum absolute atomic E-state index is 0.0252. The molecule has 3 atom stereocenters. The molecule has 1 aliphatic heterocycles. The Balaban J connectivity index is 1.86. The minimum atomic E-state index is 0.0252. The average Bonchev–Trinajstić information content (AvgIpc) is 3.09. The van der Waals surface area contributed by atoms with Gasteiger partial charge in [-0.2, -0.15) is 0 Å². The third kappa shape index (κ3) is 3.55. The number of nitrogens with zero attached hydrogens (tertiary/aromatic N) is 1. The molecule has 1 aliphatic carbocycles. The van der Waals surface area contributed by atoms with Crippen molar-refractivity contribution < 1.29 is 5.11 Å². The lowest BCUT2D eigenvalue weighted by Crippen LogP contribution is -2.52. The molecule has 3 unspecified atom stereocenters. The Kier molecular flexibility index (Phi) is 6.31. The number of hydrogen-bond donors (Lipinski definition) is 2. The predicted molar refractivity (Wildman–Crippen MR) is 85.0 cm³/mol. The molecule has 0 radical (unpaired) electrons. The zero-order valence-corrected chi connectivity index (χ0v) is 13.5. The highest BCUT2D eigenvalue weighted by atomic mass is 16.3. The summed E-state index contributed by atoms with van der Waals surface area (Å²) in [4.78, 5) is 2.69. The van der Waals surface area contributed by atoms with Gasteiger partial charge in [-0.3, -0.25) is 0 Å². The Labute approximate surface area is 125 Å². The second-order valence-corrected chi connectivity index (χ2v) is 6.86. The van der Waals surface area contributed by atoms with Crippen LogP contribution in [0, 0.1) is 5.92 Å². The van der Waals surface area contributed by atoms with Gasteiger partial charge in [-0.1, -0.05) is 20.3 Å². The van der Waals surface area contributed by atoms with Gasteiger partial charge in [-0.15, -0.1) is 0 Å². The van der Waals surface area contributed by atoms with Crippen molar-refractivity contribution in [1.82, 2.24) is 10.2 Å². The number of nitrogens with one attached hydrogen (secondary N) is 1. The van der Waals surface area contributed by atoms with Crippen LogP contribution in [0.3, 0.4) is 0 Å². The van der Waals surface area contributed by atoms with Gasteiger partial charge < -0.3 is 15.3 Å². The van der Waals surface area contributed by atoms with Gasteiger partial charge in [0.15, 0.2) is 0 Å². The molecule has 1 saturated carbocycles. The van der Waals surface area contributed by atoms with Gasteiger partial charge in [0.05, 0.1) is 6.61 Å². The van der Waals surface area contributed by atoms with Gasteiger partial charge in [0.1, 0.15) is 0 Å². The molecule has 0 aromatic carbocycles. The molecular formula is C17H34N2O. The van der Waals surface area contributed by atoms with Gasteiger partial charge in [-0.25, -0.2) is 0 Å². The van der Waals surface area contributed by atoms with E-state index in [1.165, 1.54) is 51.6 Å². The van der Waals surface area contributed by atoms with E-state index in [-0.39, 0.29) is 5.54 Å². The third-order valence-electron chi connectivity index (χ3n) is 5.70. The van der Waals surface area contributed by atoms with Crippen LogP contribution in [0.5, 0.6) is 0 Å². The Bertz CT molecular complexity index is 284. The summed E-state index contributed by atoms with van der Waals surface area (Å²) in [7, 11) is 0. The Morgan fingerprint density at radius 2 is 2.10 bits per heavy atom. The lowest BCUT2D eigenvalue weighted by atomic mass is 9.85. The Morgan fingerprint density at radius 1 is 1.25 bits per heavy atom. The highest BCUT2D eigenvalue weighted by Crippen LogP contribution is 2.38. The van der Waals surface area contributed by atoms with Gasteiger partial charge in [0.2, 0.25) is 0 Å². The summed E-state index contributed by atoms with van der Waals surface area (Å²) in [6.45, 7) is 8.41. The molecule has 0 spiro atoms. The van der Waals surface area contributed by atoms with E-state index in [1.807, 2.05) is 0 Å². The maximum Gasteiger partial charge on any atom is 0.0616 e. The summed E-state index contributed by atoms with van der Waals surface area (Å²) in [5, 5.41) is 13.6. The Morgan fingerprint density at radius 3 is 2.80 bits per heavy atom. The molecule has 0 amide bonds. The molecule has 1 saturated heterocycles. The van der Waals surface area contributed by atoms with Gasteiger partial charge in [0.25, 0.3) is 0 Å². The molecular weight excluding hydrogens is 248 g/mol. The molecule has 3 heteroatoms. The van der Waals surface area contributed by atoms with E-state index in [9.17, 15) is 5.11 Å². The van der Waals surface area contributed by atoms with Crippen molar-refractivity contribution in [3.63, 3.8) is 0 Å². The first kappa shape index (κ1) is 16.3. The summed E-state index contributed by atoms with van der Waals surface area (Å²) in [6, 6.07) is 0.823. The molecule has 2 N–H and O–H groups in total. The fourth-order valence-corrected chi connectivity index (χ4v) is 4.41. The molecule has 0 aromatic heterocycles. The molecule has 118 valence electrons. The van der Waals surface area contributed by atoms with Crippen molar-refractivity contribution in [3.8, 4) is 0 Å². The van der Waals surface area contributed by atoms with Crippen LogP contribution in [0.25, 0.3) is 0 Å². The Hall–Kier alpha value is -0.120. The van der Waals surface area contributed by atoms with Gasteiger partial charge >= 0.3 is 0 Å². The minimum Gasteiger partial charge on any atom is -0.394 e. The maximum absolute atomic E-state index is 9.93. The molecule has 1 heterocycles. The second-order valence-electron chi connectivity index (χ2n) is 6.86.